The second-order valence-corrected chi connectivity index (χ2v) is 21.0. The number of thiazole rings is 1. The smallest absolute Gasteiger partial charge is 0.243 e. The first-order valence-electron chi connectivity index (χ1n) is 24.4. The SMILES string of the molecule is COc1cc(Nc2c(C#N)cnc3cc(OCCCN4CCN(C(=O)CCCCCNC(C(=O)N5C[C@H](O)C[C@H]5C(=O)NCc5ccc(-c6scnc6C)cc5)C(C)(C)C)CC4)c(OC)cc23)c(Cl)cc1Cl. The van der Waals surface area contributed by atoms with E-state index in [2.05, 4.69) is 36.9 Å². The fraction of sp³-hybridized carbons (Fsp3) is 0.472. The van der Waals surface area contributed by atoms with Gasteiger partial charge in [0.1, 0.15) is 17.9 Å². The molecule has 0 saturated carbocycles. The molecule has 4 N–H and O–H groups in total. The topological polar surface area (TPSA) is 195 Å². The van der Waals surface area contributed by atoms with Crippen LogP contribution in [0.2, 0.25) is 10.0 Å². The Bertz CT molecular complexity index is 2740. The van der Waals surface area contributed by atoms with Crippen LogP contribution in [0.4, 0.5) is 11.4 Å². The Morgan fingerprint density at radius 1 is 0.944 bits per heavy atom. The number of nitriles is 1. The first kappa shape index (κ1) is 54.0. The van der Waals surface area contributed by atoms with Gasteiger partial charge in [0.25, 0.3) is 0 Å². The largest absolute Gasteiger partial charge is 0.495 e. The highest BCUT2D eigenvalue weighted by atomic mass is 35.5. The number of amides is 3. The summed E-state index contributed by atoms with van der Waals surface area (Å²) < 4.78 is 17.3. The number of hydrogen-bond donors (Lipinski definition) is 4. The Morgan fingerprint density at radius 3 is 2.38 bits per heavy atom. The van der Waals surface area contributed by atoms with Gasteiger partial charge in [-0.15, -0.1) is 11.3 Å². The third kappa shape index (κ3) is 13.5. The fourth-order valence-electron chi connectivity index (χ4n) is 9.18. The zero-order chi connectivity index (χ0) is 51.5. The molecule has 3 atom stereocenters. The van der Waals surface area contributed by atoms with Gasteiger partial charge in [-0.3, -0.25) is 24.3 Å². The number of methoxy groups -OCH3 is 2. The zero-order valence-corrected chi connectivity index (χ0v) is 44.2. The highest BCUT2D eigenvalue weighted by Crippen LogP contribution is 2.41. The predicted octanol–water partition coefficient (Wildman–Crippen LogP) is 8.36. The number of hydrogen-bond acceptors (Lipinski definition) is 14. The Balaban J connectivity index is 0.807. The van der Waals surface area contributed by atoms with Gasteiger partial charge in [0.05, 0.1) is 81.6 Å². The monoisotopic (exact) mass is 1040 g/mol. The maximum absolute atomic E-state index is 14.1. The van der Waals surface area contributed by atoms with Crippen molar-refractivity contribution in [1.82, 2.24) is 35.3 Å². The molecule has 2 aromatic heterocycles. The van der Waals surface area contributed by atoms with Gasteiger partial charge in [0, 0.05) is 82.4 Å². The van der Waals surface area contributed by atoms with Crippen LogP contribution < -0.4 is 30.2 Å². The van der Waals surface area contributed by atoms with Gasteiger partial charge in [-0.2, -0.15) is 5.26 Å². The summed E-state index contributed by atoms with van der Waals surface area (Å²) in [5.41, 5.74) is 6.29. The van der Waals surface area contributed by atoms with Crippen molar-refractivity contribution in [2.24, 2.45) is 5.41 Å². The van der Waals surface area contributed by atoms with Crippen LogP contribution in [0.3, 0.4) is 0 Å². The van der Waals surface area contributed by atoms with Crippen molar-refractivity contribution >= 4 is 74.5 Å². The van der Waals surface area contributed by atoms with Crippen molar-refractivity contribution in [3.63, 3.8) is 0 Å². The number of aryl methyl sites for hydroxylation is 1. The molecule has 0 aliphatic carbocycles. The van der Waals surface area contributed by atoms with E-state index in [1.165, 1.54) is 18.2 Å². The van der Waals surface area contributed by atoms with Crippen molar-refractivity contribution in [1.29, 1.82) is 5.26 Å². The average Bonchev–Trinajstić information content (AvgIpc) is 3.99. The van der Waals surface area contributed by atoms with Crippen LogP contribution in [-0.2, 0) is 20.9 Å². The molecule has 7 rings (SSSR count). The summed E-state index contributed by atoms with van der Waals surface area (Å²) in [7, 11) is 3.07. The fourth-order valence-corrected chi connectivity index (χ4v) is 10.5. The molecule has 2 fully saturated rings. The number of likely N-dealkylation sites (tertiary alicyclic amines) is 1. The van der Waals surface area contributed by atoms with Crippen LogP contribution in [-0.4, -0.2) is 132 Å². The molecule has 0 bridgehead atoms. The number of unbranched alkanes of at least 4 members (excludes halogenated alkanes) is 2. The van der Waals surface area contributed by atoms with Gasteiger partial charge >= 0.3 is 0 Å². The number of halogens is 2. The van der Waals surface area contributed by atoms with E-state index in [1.54, 1.807) is 42.7 Å². The number of aromatic nitrogens is 2. The summed E-state index contributed by atoms with van der Waals surface area (Å²) >= 11 is 14.3. The number of rotatable bonds is 21. The number of β-amino-alcohol motifs (C(OH)–C–C–N with tert-alkyl or cyclic N) is 1. The van der Waals surface area contributed by atoms with Gasteiger partial charge in [0.2, 0.25) is 17.7 Å². The number of aliphatic hydroxyl groups is 1. The summed E-state index contributed by atoms with van der Waals surface area (Å²) in [6.07, 6.45) is 4.49. The molecule has 3 aromatic carbocycles. The first-order valence-corrected chi connectivity index (χ1v) is 26.0. The molecular formula is C53H65Cl2N9O7S. The maximum Gasteiger partial charge on any atom is 0.243 e. The second-order valence-electron chi connectivity index (χ2n) is 19.3. The number of benzene rings is 3. The molecule has 72 heavy (non-hydrogen) atoms. The molecule has 2 aliphatic heterocycles. The summed E-state index contributed by atoms with van der Waals surface area (Å²) in [4.78, 5) is 56.6. The minimum Gasteiger partial charge on any atom is -0.495 e. The van der Waals surface area contributed by atoms with Crippen molar-refractivity contribution < 1.29 is 33.7 Å². The van der Waals surface area contributed by atoms with Crippen LogP contribution >= 0.6 is 34.5 Å². The van der Waals surface area contributed by atoms with Crippen LogP contribution in [0.25, 0.3) is 21.3 Å². The lowest BCUT2D eigenvalue weighted by Crippen LogP contribution is -2.56. The Hall–Kier alpha value is -5.74. The molecular weight excluding hydrogens is 978 g/mol. The van der Waals surface area contributed by atoms with E-state index in [4.69, 9.17) is 37.4 Å². The second kappa shape index (κ2) is 24.8. The molecule has 19 heteroatoms. The molecule has 0 radical (unpaired) electrons. The minimum atomic E-state index is -0.783. The molecule has 1 unspecified atom stereocenters. The van der Waals surface area contributed by atoms with Crippen LogP contribution in [0, 0.1) is 23.7 Å². The van der Waals surface area contributed by atoms with Gasteiger partial charge in [0.15, 0.2) is 11.5 Å². The van der Waals surface area contributed by atoms with Crippen molar-refractivity contribution in [3.8, 4) is 33.8 Å². The number of nitrogens with one attached hydrogen (secondary N) is 3. The molecule has 3 amide bonds. The minimum absolute atomic E-state index is 0.104. The van der Waals surface area contributed by atoms with E-state index in [-0.39, 0.29) is 30.7 Å². The number of pyridine rings is 1. The third-order valence-corrected chi connectivity index (χ3v) is 14.8. The number of ether oxygens (including phenoxy) is 3. The highest BCUT2D eigenvalue weighted by molar-refractivity contribution is 7.13. The van der Waals surface area contributed by atoms with Crippen molar-refractivity contribution in [3.05, 3.63) is 87.1 Å². The van der Waals surface area contributed by atoms with Gasteiger partial charge in [-0.25, -0.2) is 4.98 Å². The van der Waals surface area contributed by atoms with Gasteiger partial charge < -0.3 is 45.1 Å². The van der Waals surface area contributed by atoms with Gasteiger partial charge in [-0.05, 0) is 61.4 Å². The molecule has 0 spiro atoms. The Labute approximate surface area is 435 Å². The maximum atomic E-state index is 14.1. The van der Waals surface area contributed by atoms with Crippen molar-refractivity contribution in [2.45, 2.75) is 91.0 Å². The average molecular weight is 1040 g/mol. The van der Waals surface area contributed by atoms with E-state index in [1.807, 2.05) is 62.4 Å². The third-order valence-electron chi connectivity index (χ3n) is 13.2. The lowest BCUT2D eigenvalue weighted by atomic mass is 9.85. The van der Waals surface area contributed by atoms with Crippen molar-refractivity contribution in [2.75, 3.05) is 72.0 Å². The van der Waals surface area contributed by atoms with E-state index in [0.717, 1.165) is 67.0 Å². The number of fused-ring (bicyclic) bond motifs is 1. The summed E-state index contributed by atoms with van der Waals surface area (Å²) in [6, 6.07) is 15.7. The molecule has 2 aliphatic rings. The normalized spacial score (nSPS) is 16.6. The van der Waals surface area contributed by atoms with Crippen LogP contribution in [0.5, 0.6) is 17.2 Å². The molecule has 5 aromatic rings. The molecule has 2 saturated heterocycles. The van der Waals surface area contributed by atoms with Crippen LogP contribution in [0.1, 0.15) is 76.1 Å². The predicted molar refractivity (Wildman–Crippen MR) is 282 cm³/mol. The molecule has 16 nitrogen and oxygen atoms in total. The number of anilines is 2. The lowest BCUT2D eigenvalue weighted by molar-refractivity contribution is -0.142. The lowest BCUT2D eigenvalue weighted by Gasteiger charge is -2.35. The number of aliphatic hydroxyl groups excluding tert-OH is 1. The number of carbonyl (C=O) groups is 3. The number of nitrogens with zero attached hydrogens (tertiary/aromatic N) is 6. The first-order chi connectivity index (χ1) is 34.6. The van der Waals surface area contributed by atoms with E-state index < -0.39 is 23.6 Å². The Kier molecular flexibility index (Phi) is 18.6. The van der Waals surface area contributed by atoms with E-state index in [0.29, 0.717) is 94.3 Å². The molecule has 4 heterocycles. The highest BCUT2D eigenvalue weighted by Gasteiger charge is 2.43. The standard InChI is InChI=1S/C53H65Cl2N9O7S/c1-33-49(72-32-60-33)35-14-12-34(13-15-35)29-59-51(67)43-23-37(65)31-64(43)52(68)50(53(2,3)4)57-16-9-7-8-11-47(66)63-20-18-62(19-21-63)17-10-22-71-46-26-41-38(24-45(46)70-6)48(36(28-56)30-58-41)61-42-27-44(69-5)40(55)25-39(42)54/h12-15,24-27,30,32,37,43,50,57,65H,7-11,16-23,29,31H2,1-6H3,(H,58,61)(H,59,67)/t37-,43+,50?/m1/s1. The van der Waals surface area contributed by atoms with E-state index in [9.17, 15) is 24.8 Å². The van der Waals surface area contributed by atoms with E-state index >= 15 is 0 Å². The number of carbonyl (C=O) groups excluding carboxylic acids is 3. The number of piperazine rings is 1. The van der Waals surface area contributed by atoms with Gasteiger partial charge in [-0.1, -0.05) is 74.7 Å². The molecule has 384 valence electrons. The van der Waals surface area contributed by atoms with Crippen LogP contribution in [0.15, 0.2) is 60.2 Å². The summed E-state index contributed by atoms with van der Waals surface area (Å²) in [6.45, 7) is 13.1. The summed E-state index contributed by atoms with van der Waals surface area (Å²) in [5.74, 6) is 1.12. The zero-order valence-electron chi connectivity index (χ0n) is 41.9. The summed E-state index contributed by atoms with van der Waals surface area (Å²) in [5, 5.41) is 31.6. The Morgan fingerprint density at radius 2 is 1.69 bits per heavy atom. The quantitative estimate of drug-likeness (QED) is 0.0513.